The third-order valence-electron chi connectivity index (χ3n) is 4.45. The summed E-state index contributed by atoms with van der Waals surface area (Å²) >= 11 is 1.83. The summed E-state index contributed by atoms with van der Waals surface area (Å²) in [5.74, 6) is 0.816. The number of hydrogen-bond acceptors (Lipinski definition) is 3. The molecular weight excluding hydrogens is 264 g/mol. The summed E-state index contributed by atoms with van der Waals surface area (Å²) in [6.45, 7) is 14.9. The van der Waals surface area contributed by atoms with Crippen molar-refractivity contribution in [1.82, 2.24) is 10.3 Å². The number of rotatable bonds is 6. The van der Waals surface area contributed by atoms with Crippen molar-refractivity contribution >= 4 is 11.3 Å². The van der Waals surface area contributed by atoms with Crippen LogP contribution in [0.3, 0.4) is 0 Å². The lowest BCUT2D eigenvalue weighted by Crippen LogP contribution is -2.35. The van der Waals surface area contributed by atoms with E-state index in [0.29, 0.717) is 11.5 Å². The summed E-state index contributed by atoms with van der Waals surface area (Å²) < 4.78 is 0. The SMILES string of the molecule is CCCNC(Cc1nc(C(C)(C)C)cs1)C1CC1(C)C. The van der Waals surface area contributed by atoms with Crippen LogP contribution in [0.1, 0.15) is 65.1 Å². The van der Waals surface area contributed by atoms with Crippen molar-refractivity contribution in [2.45, 2.75) is 72.3 Å². The molecule has 1 aromatic rings. The Bertz CT molecular complexity index is 442. The van der Waals surface area contributed by atoms with E-state index in [1.807, 2.05) is 11.3 Å². The molecule has 0 aliphatic heterocycles. The van der Waals surface area contributed by atoms with Crippen LogP contribution in [-0.4, -0.2) is 17.6 Å². The quantitative estimate of drug-likeness (QED) is 0.841. The lowest BCUT2D eigenvalue weighted by molar-refractivity contribution is 0.401. The van der Waals surface area contributed by atoms with Gasteiger partial charge >= 0.3 is 0 Å². The molecular formula is C17H30N2S. The molecule has 1 aliphatic rings. The Morgan fingerprint density at radius 1 is 1.45 bits per heavy atom. The first-order valence-electron chi connectivity index (χ1n) is 7.92. The maximum Gasteiger partial charge on any atom is 0.0944 e. The van der Waals surface area contributed by atoms with Crippen LogP contribution < -0.4 is 5.32 Å². The van der Waals surface area contributed by atoms with Gasteiger partial charge in [0.25, 0.3) is 0 Å². The monoisotopic (exact) mass is 294 g/mol. The van der Waals surface area contributed by atoms with Gasteiger partial charge in [0.2, 0.25) is 0 Å². The van der Waals surface area contributed by atoms with Gasteiger partial charge in [-0.3, -0.25) is 0 Å². The van der Waals surface area contributed by atoms with Crippen molar-refractivity contribution in [3.63, 3.8) is 0 Å². The summed E-state index contributed by atoms with van der Waals surface area (Å²) in [5.41, 5.74) is 1.93. The molecule has 0 radical (unpaired) electrons. The van der Waals surface area contributed by atoms with Crippen molar-refractivity contribution in [1.29, 1.82) is 0 Å². The average molecular weight is 295 g/mol. The highest BCUT2D eigenvalue weighted by atomic mass is 32.1. The lowest BCUT2D eigenvalue weighted by Gasteiger charge is -2.19. The zero-order valence-corrected chi connectivity index (χ0v) is 14.7. The van der Waals surface area contributed by atoms with Gasteiger partial charge < -0.3 is 5.32 Å². The molecule has 2 nitrogen and oxygen atoms in total. The smallest absolute Gasteiger partial charge is 0.0944 e. The van der Waals surface area contributed by atoms with Gasteiger partial charge in [-0.15, -0.1) is 11.3 Å². The number of aromatic nitrogens is 1. The van der Waals surface area contributed by atoms with Crippen LogP contribution in [0.2, 0.25) is 0 Å². The number of nitrogens with one attached hydrogen (secondary N) is 1. The Balaban J connectivity index is 2.02. The Labute approximate surface area is 128 Å². The largest absolute Gasteiger partial charge is 0.313 e. The number of nitrogens with zero attached hydrogens (tertiary/aromatic N) is 1. The number of thiazole rings is 1. The maximum absolute atomic E-state index is 4.87. The first-order valence-corrected chi connectivity index (χ1v) is 8.80. The summed E-state index contributed by atoms with van der Waals surface area (Å²) in [6, 6.07) is 0.601. The molecule has 1 fully saturated rings. The van der Waals surface area contributed by atoms with E-state index in [9.17, 15) is 0 Å². The second-order valence-electron chi connectivity index (χ2n) is 7.94. The molecule has 114 valence electrons. The minimum Gasteiger partial charge on any atom is -0.313 e. The molecule has 0 amide bonds. The highest BCUT2D eigenvalue weighted by Gasteiger charge is 2.49. The summed E-state index contributed by atoms with van der Waals surface area (Å²) in [4.78, 5) is 4.87. The highest BCUT2D eigenvalue weighted by Crippen LogP contribution is 2.54. The lowest BCUT2D eigenvalue weighted by atomic mass is 9.93. The zero-order valence-electron chi connectivity index (χ0n) is 13.9. The summed E-state index contributed by atoms with van der Waals surface area (Å²) in [6.07, 6.45) is 3.65. The first kappa shape index (κ1) is 16.0. The minimum absolute atomic E-state index is 0.167. The molecule has 2 rings (SSSR count). The highest BCUT2D eigenvalue weighted by molar-refractivity contribution is 7.09. The molecule has 1 aromatic heterocycles. The van der Waals surface area contributed by atoms with Crippen LogP contribution in [0.25, 0.3) is 0 Å². The van der Waals surface area contributed by atoms with Gasteiger partial charge in [0.05, 0.1) is 10.7 Å². The predicted molar refractivity (Wildman–Crippen MR) is 88.5 cm³/mol. The van der Waals surface area contributed by atoms with Gasteiger partial charge in [-0.1, -0.05) is 41.5 Å². The maximum atomic E-state index is 4.87. The third-order valence-corrected chi connectivity index (χ3v) is 5.32. The Morgan fingerprint density at radius 2 is 2.10 bits per heavy atom. The van der Waals surface area contributed by atoms with E-state index >= 15 is 0 Å². The van der Waals surface area contributed by atoms with Crippen molar-refractivity contribution in [2.24, 2.45) is 11.3 Å². The van der Waals surface area contributed by atoms with Gasteiger partial charge in [-0.05, 0) is 30.7 Å². The van der Waals surface area contributed by atoms with E-state index in [2.05, 4.69) is 52.2 Å². The molecule has 1 saturated carbocycles. The van der Waals surface area contributed by atoms with Crippen LogP contribution in [0.4, 0.5) is 0 Å². The molecule has 2 atom stereocenters. The Hall–Kier alpha value is -0.410. The van der Waals surface area contributed by atoms with Crippen LogP contribution in [0, 0.1) is 11.3 Å². The van der Waals surface area contributed by atoms with Gasteiger partial charge in [-0.25, -0.2) is 4.98 Å². The minimum atomic E-state index is 0.167. The molecule has 0 bridgehead atoms. The molecule has 0 aromatic carbocycles. The molecule has 20 heavy (non-hydrogen) atoms. The molecule has 1 heterocycles. The molecule has 0 spiro atoms. The van der Waals surface area contributed by atoms with E-state index in [1.165, 1.54) is 23.5 Å². The van der Waals surface area contributed by atoms with Gasteiger partial charge in [0.15, 0.2) is 0 Å². The van der Waals surface area contributed by atoms with Gasteiger partial charge in [0.1, 0.15) is 0 Å². The number of hydrogen-bond donors (Lipinski definition) is 1. The fourth-order valence-electron chi connectivity index (χ4n) is 2.82. The summed E-state index contributed by atoms with van der Waals surface area (Å²) in [7, 11) is 0. The van der Waals surface area contributed by atoms with Crippen molar-refractivity contribution in [3.8, 4) is 0 Å². The normalized spacial score (nSPS) is 22.8. The van der Waals surface area contributed by atoms with E-state index in [4.69, 9.17) is 4.98 Å². The molecule has 1 aliphatic carbocycles. The van der Waals surface area contributed by atoms with Crippen LogP contribution >= 0.6 is 11.3 Å². The standard InChI is InChI=1S/C17H30N2S/c1-7-8-18-13(12-10-17(12,5)6)9-15-19-14(11-20-15)16(2,3)4/h11-13,18H,7-10H2,1-6H3. The molecule has 0 saturated heterocycles. The van der Waals surface area contributed by atoms with Gasteiger partial charge in [-0.2, -0.15) is 0 Å². The fraction of sp³-hybridized carbons (Fsp3) is 0.824. The second-order valence-corrected chi connectivity index (χ2v) is 8.88. The first-order chi connectivity index (χ1) is 9.24. The fourth-order valence-corrected chi connectivity index (χ4v) is 3.90. The second kappa shape index (κ2) is 5.76. The van der Waals surface area contributed by atoms with Crippen molar-refractivity contribution < 1.29 is 0 Å². The Morgan fingerprint density at radius 3 is 2.55 bits per heavy atom. The molecule has 1 N–H and O–H groups in total. The van der Waals surface area contributed by atoms with E-state index in [0.717, 1.165) is 18.9 Å². The van der Waals surface area contributed by atoms with Crippen LogP contribution in [0.5, 0.6) is 0 Å². The van der Waals surface area contributed by atoms with Crippen molar-refractivity contribution in [3.05, 3.63) is 16.1 Å². The molecule has 3 heteroatoms. The van der Waals surface area contributed by atoms with Crippen molar-refractivity contribution in [2.75, 3.05) is 6.54 Å². The molecule has 2 unspecified atom stereocenters. The predicted octanol–water partition coefficient (Wildman–Crippen LogP) is 4.40. The third kappa shape index (κ3) is 3.82. The topological polar surface area (TPSA) is 24.9 Å². The average Bonchev–Trinajstić information content (AvgIpc) is 2.76. The van der Waals surface area contributed by atoms with E-state index in [1.54, 1.807) is 0 Å². The van der Waals surface area contributed by atoms with Crippen LogP contribution in [0.15, 0.2) is 5.38 Å². The van der Waals surface area contributed by atoms with Crippen LogP contribution in [-0.2, 0) is 11.8 Å². The van der Waals surface area contributed by atoms with E-state index < -0.39 is 0 Å². The zero-order chi connectivity index (χ0) is 15.0. The van der Waals surface area contributed by atoms with E-state index in [-0.39, 0.29) is 5.41 Å². The Kier molecular flexibility index (Phi) is 4.60. The van der Waals surface area contributed by atoms with Gasteiger partial charge in [0, 0.05) is 23.3 Å². The summed E-state index contributed by atoms with van der Waals surface area (Å²) in [5, 5.41) is 7.29.